The lowest BCUT2D eigenvalue weighted by Crippen LogP contribution is -2.56. The Balaban J connectivity index is 1.74. The number of nitrogens with two attached hydrogens (primary N) is 1. The number of amides is 4. The molecule has 0 radical (unpaired) electrons. The number of benzene rings is 1. The molecule has 2 aliphatic rings. The molecule has 4 amide bonds. The van der Waals surface area contributed by atoms with Crippen LogP contribution in [0, 0.1) is 12.3 Å². The Hall–Kier alpha value is -2.41. The number of nitrogens with one attached hydrogen (secondary N) is 1. The Kier molecular flexibility index (Phi) is 4.76. The molecule has 0 saturated carbocycles. The van der Waals surface area contributed by atoms with Crippen LogP contribution in [-0.2, 0) is 15.1 Å². The predicted molar refractivity (Wildman–Crippen MR) is 102 cm³/mol. The van der Waals surface area contributed by atoms with Crippen LogP contribution in [-0.4, -0.2) is 53.3 Å². The third kappa shape index (κ3) is 3.43. The fourth-order valence-electron chi connectivity index (χ4n) is 3.75. The molecule has 2 saturated heterocycles. The lowest BCUT2D eigenvalue weighted by atomic mass is 9.79. The van der Waals surface area contributed by atoms with Crippen molar-refractivity contribution in [3.05, 3.63) is 35.4 Å². The second-order valence-corrected chi connectivity index (χ2v) is 8.51. The van der Waals surface area contributed by atoms with Crippen LogP contribution >= 0.6 is 0 Å². The van der Waals surface area contributed by atoms with E-state index in [1.807, 2.05) is 45.0 Å². The van der Waals surface area contributed by atoms with Gasteiger partial charge in [-0.1, -0.05) is 43.7 Å². The first-order valence-electron chi connectivity index (χ1n) is 9.29. The number of carbonyl (C=O) groups is 3. The first-order chi connectivity index (χ1) is 12.5. The van der Waals surface area contributed by atoms with Gasteiger partial charge in [-0.25, -0.2) is 4.79 Å². The molecule has 146 valence electrons. The largest absolute Gasteiger partial charge is 0.340 e. The molecule has 0 aliphatic carbocycles. The number of likely N-dealkylation sites (tertiary alicyclic amines) is 1. The molecule has 0 bridgehead atoms. The van der Waals surface area contributed by atoms with Gasteiger partial charge in [0.25, 0.3) is 5.91 Å². The molecule has 3 N–H and O–H groups in total. The molecule has 2 heterocycles. The Morgan fingerprint density at radius 3 is 2.44 bits per heavy atom. The highest BCUT2D eigenvalue weighted by atomic mass is 16.2. The number of urea groups is 1. The SMILES string of the molecule is Cc1ccc(C2(C)NC(=O)N(CC(=O)N3CCC(N)C(C)(C)C3)C2=O)cc1. The van der Waals surface area contributed by atoms with Gasteiger partial charge in [-0.3, -0.25) is 14.5 Å². The minimum absolute atomic E-state index is 0.0306. The maximum absolute atomic E-state index is 13.0. The van der Waals surface area contributed by atoms with Crippen molar-refractivity contribution in [1.82, 2.24) is 15.1 Å². The van der Waals surface area contributed by atoms with E-state index in [1.54, 1.807) is 11.8 Å². The number of carbonyl (C=O) groups excluding carboxylic acids is 3. The minimum atomic E-state index is -1.16. The fraction of sp³-hybridized carbons (Fsp3) is 0.550. The molecule has 1 aromatic carbocycles. The molecule has 0 aromatic heterocycles. The van der Waals surface area contributed by atoms with E-state index in [0.717, 1.165) is 10.5 Å². The van der Waals surface area contributed by atoms with E-state index in [-0.39, 0.29) is 23.9 Å². The van der Waals surface area contributed by atoms with Crippen LogP contribution in [0.25, 0.3) is 0 Å². The molecular weight excluding hydrogens is 344 g/mol. The quantitative estimate of drug-likeness (QED) is 0.783. The zero-order valence-electron chi connectivity index (χ0n) is 16.4. The highest BCUT2D eigenvalue weighted by molar-refractivity contribution is 6.09. The lowest BCUT2D eigenvalue weighted by molar-refractivity contribution is -0.140. The second-order valence-electron chi connectivity index (χ2n) is 8.51. The highest BCUT2D eigenvalue weighted by Crippen LogP contribution is 2.30. The van der Waals surface area contributed by atoms with E-state index >= 15 is 0 Å². The fourth-order valence-corrected chi connectivity index (χ4v) is 3.75. The summed E-state index contributed by atoms with van der Waals surface area (Å²) in [6.45, 7) is 8.49. The van der Waals surface area contributed by atoms with Crippen molar-refractivity contribution in [3.63, 3.8) is 0 Å². The standard InChI is InChI=1S/C20H28N4O3/c1-13-5-7-14(8-6-13)20(4)17(26)24(18(27)22-20)11-16(25)23-10-9-15(21)19(2,3)12-23/h5-8,15H,9-12,21H2,1-4H3,(H,22,27). The average molecular weight is 372 g/mol. The molecule has 3 rings (SSSR count). The number of aryl methyl sites for hydroxylation is 1. The molecule has 7 heteroatoms. The van der Waals surface area contributed by atoms with Crippen molar-refractivity contribution in [2.75, 3.05) is 19.6 Å². The molecule has 7 nitrogen and oxygen atoms in total. The number of hydrogen-bond acceptors (Lipinski definition) is 4. The Bertz CT molecular complexity index is 774. The van der Waals surface area contributed by atoms with Gasteiger partial charge in [-0.05, 0) is 31.2 Å². The summed E-state index contributed by atoms with van der Waals surface area (Å²) in [6, 6.07) is 6.94. The Labute approximate surface area is 159 Å². The van der Waals surface area contributed by atoms with Crippen LogP contribution in [0.2, 0.25) is 0 Å². The summed E-state index contributed by atoms with van der Waals surface area (Å²) in [5, 5.41) is 2.74. The topological polar surface area (TPSA) is 95.7 Å². The molecule has 0 spiro atoms. The first kappa shape index (κ1) is 19.4. The van der Waals surface area contributed by atoms with Crippen LogP contribution in [0.1, 0.15) is 38.3 Å². The van der Waals surface area contributed by atoms with Crippen LogP contribution in [0.15, 0.2) is 24.3 Å². The van der Waals surface area contributed by atoms with Gasteiger partial charge >= 0.3 is 6.03 Å². The molecule has 2 aliphatic heterocycles. The molecule has 2 unspecified atom stereocenters. The van der Waals surface area contributed by atoms with Crippen LogP contribution in [0.5, 0.6) is 0 Å². The van der Waals surface area contributed by atoms with Gasteiger partial charge in [-0.15, -0.1) is 0 Å². The van der Waals surface area contributed by atoms with Gasteiger partial charge in [0.2, 0.25) is 5.91 Å². The van der Waals surface area contributed by atoms with Gasteiger partial charge in [0.1, 0.15) is 12.1 Å². The van der Waals surface area contributed by atoms with Crippen molar-refractivity contribution < 1.29 is 14.4 Å². The highest BCUT2D eigenvalue weighted by Gasteiger charge is 2.50. The van der Waals surface area contributed by atoms with E-state index in [2.05, 4.69) is 5.32 Å². The maximum Gasteiger partial charge on any atom is 0.325 e. The second kappa shape index (κ2) is 6.64. The summed E-state index contributed by atoms with van der Waals surface area (Å²) in [7, 11) is 0. The van der Waals surface area contributed by atoms with Crippen LogP contribution in [0.4, 0.5) is 4.79 Å². The molecule has 1 aromatic rings. The third-order valence-electron chi connectivity index (χ3n) is 5.86. The van der Waals surface area contributed by atoms with Crippen molar-refractivity contribution >= 4 is 17.8 Å². The van der Waals surface area contributed by atoms with Gasteiger partial charge in [0.05, 0.1) is 0 Å². The zero-order valence-corrected chi connectivity index (χ0v) is 16.4. The van der Waals surface area contributed by atoms with Crippen LogP contribution in [0.3, 0.4) is 0 Å². The van der Waals surface area contributed by atoms with Crippen molar-refractivity contribution in [2.24, 2.45) is 11.1 Å². The lowest BCUT2D eigenvalue weighted by Gasteiger charge is -2.42. The summed E-state index contributed by atoms with van der Waals surface area (Å²) in [5.74, 6) is -0.635. The van der Waals surface area contributed by atoms with E-state index in [4.69, 9.17) is 5.73 Å². The number of nitrogens with zero attached hydrogens (tertiary/aromatic N) is 2. The summed E-state index contributed by atoms with van der Waals surface area (Å²) in [4.78, 5) is 40.9. The van der Waals surface area contributed by atoms with Crippen molar-refractivity contribution in [3.8, 4) is 0 Å². The van der Waals surface area contributed by atoms with E-state index < -0.39 is 17.5 Å². The normalized spacial score (nSPS) is 27.7. The van der Waals surface area contributed by atoms with Crippen LogP contribution < -0.4 is 11.1 Å². The number of imide groups is 1. The Morgan fingerprint density at radius 2 is 1.85 bits per heavy atom. The third-order valence-corrected chi connectivity index (χ3v) is 5.86. The van der Waals surface area contributed by atoms with Gasteiger partial charge < -0.3 is 16.0 Å². The van der Waals surface area contributed by atoms with E-state index in [9.17, 15) is 14.4 Å². The van der Waals surface area contributed by atoms with Crippen molar-refractivity contribution in [1.29, 1.82) is 0 Å². The molecule has 2 atom stereocenters. The number of piperidine rings is 1. The smallest absolute Gasteiger partial charge is 0.325 e. The summed E-state index contributed by atoms with van der Waals surface area (Å²) >= 11 is 0. The van der Waals surface area contributed by atoms with Gasteiger partial charge in [-0.2, -0.15) is 0 Å². The van der Waals surface area contributed by atoms with Crippen molar-refractivity contribution in [2.45, 2.75) is 45.7 Å². The van der Waals surface area contributed by atoms with Gasteiger partial charge in [0, 0.05) is 19.1 Å². The molecular formula is C20H28N4O3. The first-order valence-corrected chi connectivity index (χ1v) is 9.29. The van der Waals surface area contributed by atoms with E-state index in [0.29, 0.717) is 25.1 Å². The molecule has 27 heavy (non-hydrogen) atoms. The Morgan fingerprint density at radius 1 is 1.22 bits per heavy atom. The maximum atomic E-state index is 13.0. The zero-order chi connectivity index (χ0) is 20.0. The minimum Gasteiger partial charge on any atom is -0.340 e. The summed E-state index contributed by atoms with van der Waals surface area (Å²) < 4.78 is 0. The summed E-state index contributed by atoms with van der Waals surface area (Å²) in [6.07, 6.45) is 0.708. The monoisotopic (exact) mass is 372 g/mol. The van der Waals surface area contributed by atoms with Gasteiger partial charge in [0.15, 0.2) is 0 Å². The number of rotatable bonds is 3. The molecule has 2 fully saturated rings. The summed E-state index contributed by atoms with van der Waals surface area (Å²) in [5.41, 5.74) is 6.54. The number of hydrogen-bond donors (Lipinski definition) is 2. The van der Waals surface area contributed by atoms with E-state index in [1.165, 1.54) is 0 Å². The predicted octanol–water partition coefficient (Wildman–Crippen LogP) is 1.35. The average Bonchev–Trinajstić information content (AvgIpc) is 2.82.